The Kier molecular flexibility index (Phi) is 10.2. The minimum atomic E-state index is -0.545. The molecule has 3 N–H and O–H groups in total. The predicted molar refractivity (Wildman–Crippen MR) is 238 cm³/mol. The molecular formula is C51H54FN5O7. The van der Waals surface area contributed by atoms with Crippen LogP contribution in [0.15, 0.2) is 47.3 Å². The number of rotatable bonds is 7. The van der Waals surface area contributed by atoms with Crippen molar-refractivity contribution < 1.29 is 33.7 Å². The summed E-state index contributed by atoms with van der Waals surface area (Å²) in [4.78, 5) is 59.1. The summed E-state index contributed by atoms with van der Waals surface area (Å²) in [6, 6.07) is 12.6. The lowest BCUT2D eigenvalue weighted by molar-refractivity contribution is -0.147. The Morgan fingerprint density at radius 3 is 2.52 bits per heavy atom. The Morgan fingerprint density at radius 1 is 1.02 bits per heavy atom. The Bertz CT molecular complexity index is 2870. The molecule has 3 aromatic carbocycles. The number of esters is 1. The van der Waals surface area contributed by atoms with Crippen molar-refractivity contribution in [3.8, 4) is 22.9 Å². The molecule has 2 aliphatic carbocycles. The number of carbonyl (C=O) groups is 3. The van der Waals surface area contributed by atoms with E-state index in [0.29, 0.717) is 83.5 Å². The van der Waals surface area contributed by atoms with E-state index in [2.05, 4.69) is 35.3 Å². The van der Waals surface area contributed by atoms with E-state index in [0.717, 1.165) is 34.5 Å². The van der Waals surface area contributed by atoms with E-state index < -0.39 is 5.92 Å². The van der Waals surface area contributed by atoms with Crippen LogP contribution in [0.1, 0.15) is 137 Å². The fourth-order valence-electron chi connectivity index (χ4n) is 11.6. The van der Waals surface area contributed by atoms with Gasteiger partial charge < -0.3 is 29.7 Å². The highest BCUT2D eigenvalue weighted by molar-refractivity contribution is 5.98. The molecule has 2 fully saturated rings. The third-order valence-electron chi connectivity index (χ3n) is 15.0. The van der Waals surface area contributed by atoms with Crippen LogP contribution < -0.4 is 10.9 Å². The third-order valence-corrected chi connectivity index (χ3v) is 15.0. The number of carbonyl (C=O) groups excluding carboxylic acids is 3. The Hall–Kier alpha value is -6.08. The maximum Gasteiger partial charge on any atom is 0.313 e. The number of hydrogen-bond acceptors (Lipinski definition) is 9. The number of ether oxygens (including phenoxy) is 1. The van der Waals surface area contributed by atoms with E-state index in [4.69, 9.17) is 9.72 Å². The average Bonchev–Trinajstić information content (AvgIpc) is 3.84. The molecule has 6 heterocycles. The van der Waals surface area contributed by atoms with Gasteiger partial charge in [0.05, 0.1) is 46.5 Å². The van der Waals surface area contributed by atoms with Crippen molar-refractivity contribution in [3.05, 3.63) is 120 Å². The van der Waals surface area contributed by atoms with Gasteiger partial charge in [0.2, 0.25) is 6.41 Å². The van der Waals surface area contributed by atoms with Crippen molar-refractivity contribution in [1.29, 1.82) is 0 Å². The molecule has 4 aliphatic heterocycles. The number of hydrogen-bond donors (Lipinski definition) is 3. The van der Waals surface area contributed by atoms with E-state index in [9.17, 15) is 33.8 Å². The van der Waals surface area contributed by atoms with Crippen LogP contribution in [0.3, 0.4) is 0 Å². The monoisotopic (exact) mass is 867 g/mol. The second-order valence-electron chi connectivity index (χ2n) is 19.4. The number of pyridine rings is 2. The number of amides is 2. The quantitative estimate of drug-likeness (QED) is 0.108. The first-order chi connectivity index (χ1) is 30.7. The molecule has 12 nitrogen and oxygen atoms in total. The van der Waals surface area contributed by atoms with Gasteiger partial charge in [-0.2, -0.15) is 0 Å². The summed E-state index contributed by atoms with van der Waals surface area (Å²) in [6.07, 6.45) is 6.10. The molecule has 11 rings (SSSR count). The van der Waals surface area contributed by atoms with Crippen LogP contribution in [0, 0.1) is 24.1 Å². The van der Waals surface area contributed by atoms with E-state index in [1.807, 2.05) is 19.9 Å². The summed E-state index contributed by atoms with van der Waals surface area (Å²) < 4.78 is 21.5. The molecule has 2 aromatic heterocycles. The number of aromatic nitrogens is 2. The largest absolute Gasteiger partial charge is 0.508 e. The number of phenols is 2. The molecule has 332 valence electrons. The molecule has 2 amide bonds. The first-order valence-electron chi connectivity index (χ1n) is 22.6. The summed E-state index contributed by atoms with van der Waals surface area (Å²) in [6.45, 7) is 14.5. The number of aromatic hydroxyl groups is 2. The maximum atomic E-state index is 14.7. The van der Waals surface area contributed by atoms with Gasteiger partial charge in [-0.05, 0) is 113 Å². The summed E-state index contributed by atoms with van der Waals surface area (Å²) in [7, 11) is 0. The Balaban J connectivity index is 0.000000151. The molecule has 0 radical (unpaired) electrons. The highest BCUT2D eigenvalue weighted by Crippen LogP contribution is 2.53. The van der Waals surface area contributed by atoms with Crippen LogP contribution in [0.4, 0.5) is 4.39 Å². The van der Waals surface area contributed by atoms with Gasteiger partial charge in [-0.15, -0.1) is 0 Å². The molecule has 0 bridgehead atoms. The van der Waals surface area contributed by atoms with E-state index >= 15 is 0 Å². The normalized spacial score (nSPS) is 20.1. The molecule has 2 atom stereocenters. The van der Waals surface area contributed by atoms with Crippen LogP contribution in [0.25, 0.3) is 22.3 Å². The van der Waals surface area contributed by atoms with E-state index in [1.165, 1.54) is 61.2 Å². The molecule has 6 aliphatic rings. The van der Waals surface area contributed by atoms with Gasteiger partial charge in [0, 0.05) is 55.8 Å². The molecule has 1 spiro atoms. The Morgan fingerprint density at radius 2 is 1.78 bits per heavy atom. The van der Waals surface area contributed by atoms with Crippen molar-refractivity contribution in [3.63, 3.8) is 0 Å². The van der Waals surface area contributed by atoms with E-state index in [1.54, 1.807) is 29.4 Å². The average molecular weight is 868 g/mol. The van der Waals surface area contributed by atoms with Gasteiger partial charge in [0.1, 0.15) is 23.9 Å². The topological polar surface area (TPSA) is 154 Å². The lowest BCUT2D eigenvalue weighted by Crippen LogP contribution is -2.61. The third kappa shape index (κ3) is 6.76. The number of phenolic OH excluding ortho intramolecular Hbond substituents is 2. The van der Waals surface area contributed by atoms with Crippen LogP contribution >= 0.6 is 0 Å². The molecule has 1 saturated heterocycles. The minimum Gasteiger partial charge on any atom is -0.508 e. The number of cyclic esters (lactones) is 1. The second kappa shape index (κ2) is 15.6. The molecular weight excluding hydrogens is 814 g/mol. The van der Waals surface area contributed by atoms with Gasteiger partial charge in [-0.25, -0.2) is 9.37 Å². The number of nitrogens with one attached hydrogen (secondary N) is 1. The minimum absolute atomic E-state index is 0.0308. The van der Waals surface area contributed by atoms with Crippen molar-refractivity contribution in [2.45, 2.75) is 117 Å². The van der Waals surface area contributed by atoms with Gasteiger partial charge in [0.15, 0.2) is 0 Å². The van der Waals surface area contributed by atoms with Crippen molar-refractivity contribution in [2.75, 3.05) is 13.1 Å². The van der Waals surface area contributed by atoms with Crippen LogP contribution in [-0.2, 0) is 53.5 Å². The van der Waals surface area contributed by atoms with E-state index in [-0.39, 0.29) is 58.9 Å². The number of halogens is 1. The fraction of sp³-hybridized carbons (Fsp3) is 0.431. The fourth-order valence-corrected chi connectivity index (χ4v) is 11.6. The van der Waals surface area contributed by atoms with Crippen LogP contribution in [0.2, 0.25) is 0 Å². The first kappa shape index (κ1) is 41.9. The van der Waals surface area contributed by atoms with Crippen molar-refractivity contribution in [1.82, 2.24) is 24.7 Å². The molecule has 2 unspecified atom stereocenters. The highest BCUT2D eigenvalue weighted by atomic mass is 19.1. The number of nitrogens with zero attached hydrogens (tertiary/aromatic N) is 4. The summed E-state index contributed by atoms with van der Waals surface area (Å²) in [5, 5.41) is 24.2. The van der Waals surface area contributed by atoms with Crippen LogP contribution in [-0.4, -0.2) is 60.9 Å². The Labute approximate surface area is 371 Å². The first-order valence-corrected chi connectivity index (χ1v) is 22.6. The zero-order valence-electron chi connectivity index (χ0n) is 37.0. The van der Waals surface area contributed by atoms with Gasteiger partial charge in [-0.3, -0.25) is 24.1 Å². The number of aryl methyl sites for hydroxylation is 1. The standard InChI is InChI=1S/C27H34N2O3.C24H20FN3O4/c1-4-18-10-27(11-18)15-28(16-27)12-19-5-6-20-13-29(14-21(20)7-19)26(32)23-8-22(17(2)3)24(30)9-25(23)31;1-10-12-3-4-17(26-9-29)21-14-7-28-19(22(14)27-18(20(12)21)6-16(10)25)5-13-11(2)24(31)32-8-15(13)23(28)30/h5-9,17-18,30-31H,4,10-16H2,1-3H3;5-6,9,11,17H,3-4,7-8H2,1-2H3,(H,26,29). The van der Waals surface area contributed by atoms with Gasteiger partial charge >= 0.3 is 5.97 Å². The lowest BCUT2D eigenvalue weighted by atomic mass is 9.57. The molecule has 5 aromatic rings. The highest BCUT2D eigenvalue weighted by Gasteiger charge is 2.51. The summed E-state index contributed by atoms with van der Waals surface area (Å²) in [5.41, 5.74) is 11.2. The second-order valence-corrected chi connectivity index (χ2v) is 19.4. The van der Waals surface area contributed by atoms with Crippen molar-refractivity contribution >= 4 is 29.2 Å². The summed E-state index contributed by atoms with van der Waals surface area (Å²) in [5.74, 6) is -0.535. The zero-order valence-corrected chi connectivity index (χ0v) is 37.0. The van der Waals surface area contributed by atoms with Gasteiger partial charge in [0.25, 0.3) is 11.5 Å². The van der Waals surface area contributed by atoms with Gasteiger partial charge in [-0.1, -0.05) is 45.4 Å². The zero-order chi connectivity index (χ0) is 44.9. The van der Waals surface area contributed by atoms with Crippen molar-refractivity contribution in [2.24, 2.45) is 11.3 Å². The SMILES string of the molecule is CCC1CC2(C1)CN(Cc1ccc3c(c1)CN(C(=O)c1cc(C(C)C)c(O)cc1O)C3)C2.Cc1c(F)cc2nc3c(c4c2c1CCC4NC=O)Cn1c-3cc2c(c1=O)COC(=O)C2C. The number of fused-ring (bicyclic) bond motifs is 6. The molecule has 64 heavy (non-hydrogen) atoms. The molecule has 1 saturated carbocycles. The predicted octanol–water partition coefficient (Wildman–Crippen LogP) is 7.77. The number of benzene rings is 3. The smallest absolute Gasteiger partial charge is 0.313 e. The molecule has 13 heteroatoms. The maximum absolute atomic E-state index is 14.7. The summed E-state index contributed by atoms with van der Waals surface area (Å²) >= 11 is 0. The lowest BCUT2D eigenvalue weighted by Gasteiger charge is -2.59. The van der Waals surface area contributed by atoms with Crippen LogP contribution in [0.5, 0.6) is 11.5 Å². The number of likely N-dealkylation sites (tertiary alicyclic amines) is 1.